The second-order valence-corrected chi connectivity index (χ2v) is 8.96. The molecule has 1 aromatic heterocycles. The Morgan fingerprint density at radius 3 is 2.62 bits per heavy atom. The van der Waals surface area contributed by atoms with E-state index in [0.29, 0.717) is 43.2 Å². The van der Waals surface area contributed by atoms with Gasteiger partial charge in [-0.3, -0.25) is 0 Å². The summed E-state index contributed by atoms with van der Waals surface area (Å²) in [4.78, 5) is 6.19. The number of benzene rings is 2. The zero-order chi connectivity index (χ0) is 22.3. The highest BCUT2D eigenvalue weighted by Crippen LogP contribution is 2.40. The number of aromatic nitrogens is 1. The first kappa shape index (κ1) is 21.2. The van der Waals surface area contributed by atoms with Crippen LogP contribution in [0.3, 0.4) is 0 Å². The Morgan fingerprint density at radius 2 is 1.91 bits per heavy atom. The molecule has 3 aromatic rings. The smallest absolute Gasteiger partial charge is 0.343 e. The number of alkyl halides is 3. The van der Waals surface area contributed by atoms with E-state index in [1.807, 2.05) is 29.2 Å². The molecular formula is C24H21F4N3S. The summed E-state index contributed by atoms with van der Waals surface area (Å²) in [6, 6.07) is 10.0. The van der Waals surface area contributed by atoms with Gasteiger partial charge in [0.2, 0.25) is 0 Å². The lowest BCUT2D eigenvalue weighted by Crippen LogP contribution is -2.30. The molecule has 0 fully saturated rings. The van der Waals surface area contributed by atoms with Gasteiger partial charge in [-0.25, -0.2) is 4.98 Å². The van der Waals surface area contributed by atoms with E-state index in [-0.39, 0.29) is 5.13 Å². The van der Waals surface area contributed by atoms with Crippen LogP contribution in [-0.2, 0) is 19.1 Å². The first-order chi connectivity index (χ1) is 15.4. The van der Waals surface area contributed by atoms with Crippen molar-refractivity contribution >= 4 is 22.0 Å². The van der Waals surface area contributed by atoms with E-state index in [0.717, 1.165) is 45.7 Å². The molecule has 2 aromatic carbocycles. The van der Waals surface area contributed by atoms with Crippen molar-refractivity contribution < 1.29 is 17.6 Å². The quantitative estimate of drug-likeness (QED) is 0.494. The van der Waals surface area contributed by atoms with Crippen LogP contribution in [0, 0.1) is 5.13 Å². The zero-order valence-electron chi connectivity index (χ0n) is 17.2. The number of hydrogen-bond acceptors (Lipinski definition) is 4. The molecular weight excluding hydrogens is 438 g/mol. The third-order valence-corrected chi connectivity index (χ3v) is 6.90. The fraction of sp³-hybridized carbons (Fsp3) is 0.292. The van der Waals surface area contributed by atoms with Crippen molar-refractivity contribution in [3.8, 4) is 11.1 Å². The number of hydrogen-bond donors (Lipinski definition) is 1. The summed E-state index contributed by atoms with van der Waals surface area (Å²) in [7, 11) is 0. The second-order valence-electron chi connectivity index (χ2n) is 8.00. The van der Waals surface area contributed by atoms with Crippen molar-refractivity contribution in [3.05, 3.63) is 76.1 Å². The number of thiazole rings is 1. The summed E-state index contributed by atoms with van der Waals surface area (Å²) in [5.74, 6) is 0. The maximum absolute atomic E-state index is 13.5. The van der Waals surface area contributed by atoms with E-state index in [2.05, 4.69) is 10.3 Å². The van der Waals surface area contributed by atoms with E-state index in [1.54, 1.807) is 6.07 Å². The third-order valence-electron chi connectivity index (χ3n) is 6.05. The van der Waals surface area contributed by atoms with Crippen LogP contribution >= 0.6 is 11.3 Å². The van der Waals surface area contributed by atoms with Gasteiger partial charge in [-0.05, 0) is 64.9 Å². The van der Waals surface area contributed by atoms with Gasteiger partial charge in [0.15, 0.2) is 10.3 Å². The zero-order valence-corrected chi connectivity index (χ0v) is 18.0. The minimum atomic E-state index is -4.39. The average Bonchev–Trinajstić information content (AvgIpc) is 3.24. The summed E-state index contributed by atoms with van der Waals surface area (Å²) in [6.45, 7) is 2.67. The van der Waals surface area contributed by atoms with Gasteiger partial charge in [-0.15, -0.1) is 0 Å². The molecule has 3 nitrogen and oxygen atoms in total. The van der Waals surface area contributed by atoms with Crippen molar-refractivity contribution in [2.45, 2.75) is 25.6 Å². The Balaban J connectivity index is 1.58. The number of halogens is 4. The molecule has 0 radical (unpaired) electrons. The first-order valence-corrected chi connectivity index (χ1v) is 11.3. The molecule has 0 amide bonds. The Kier molecular flexibility index (Phi) is 5.51. The number of nitrogens with one attached hydrogen (secondary N) is 1. The van der Waals surface area contributed by atoms with Crippen molar-refractivity contribution in [1.82, 2.24) is 10.3 Å². The van der Waals surface area contributed by atoms with E-state index in [9.17, 15) is 17.6 Å². The van der Waals surface area contributed by atoms with Gasteiger partial charge in [0.1, 0.15) is 0 Å². The van der Waals surface area contributed by atoms with Gasteiger partial charge in [0, 0.05) is 19.6 Å². The van der Waals surface area contributed by atoms with Crippen LogP contribution in [0.2, 0.25) is 0 Å². The number of nitrogens with zero attached hydrogens (tertiary/aromatic N) is 2. The van der Waals surface area contributed by atoms with Gasteiger partial charge >= 0.3 is 6.18 Å². The lowest BCUT2D eigenvalue weighted by Gasteiger charge is -2.30. The van der Waals surface area contributed by atoms with Gasteiger partial charge < -0.3 is 10.2 Å². The Morgan fingerprint density at radius 1 is 1.03 bits per heavy atom. The molecule has 0 saturated carbocycles. The number of anilines is 1. The lowest BCUT2D eigenvalue weighted by molar-refractivity contribution is -0.137. The van der Waals surface area contributed by atoms with Crippen LogP contribution in [0.15, 0.2) is 48.7 Å². The lowest BCUT2D eigenvalue weighted by atomic mass is 9.85. The molecule has 2 aliphatic heterocycles. The first-order valence-electron chi connectivity index (χ1n) is 10.5. The summed E-state index contributed by atoms with van der Waals surface area (Å²) in [5, 5.41) is 3.56. The standard InChI is InChI=1S/C24H21F4N3S/c25-22-13-30-23(32-22)31-11-8-18-16(14-31)2-1-3-19(18)20-5-4-17(24(26,27)28)12-21(20)15-6-9-29-10-7-15/h1-6,12-13,29H,7-11,14H2. The number of fused-ring (bicyclic) bond motifs is 1. The summed E-state index contributed by atoms with van der Waals surface area (Å²) in [6.07, 6.45) is 0.227. The molecule has 0 bridgehead atoms. The molecule has 0 unspecified atom stereocenters. The van der Waals surface area contributed by atoms with E-state index in [4.69, 9.17) is 0 Å². The van der Waals surface area contributed by atoms with E-state index >= 15 is 0 Å². The molecule has 8 heteroatoms. The highest BCUT2D eigenvalue weighted by atomic mass is 32.1. The fourth-order valence-corrected chi connectivity index (χ4v) is 5.18. The third kappa shape index (κ3) is 4.04. The monoisotopic (exact) mass is 459 g/mol. The molecule has 0 saturated heterocycles. The van der Waals surface area contributed by atoms with E-state index in [1.165, 1.54) is 18.3 Å². The predicted molar refractivity (Wildman–Crippen MR) is 119 cm³/mol. The van der Waals surface area contributed by atoms with Gasteiger partial charge in [-0.2, -0.15) is 17.6 Å². The van der Waals surface area contributed by atoms with Crippen LogP contribution in [0.4, 0.5) is 22.7 Å². The SMILES string of the molecule is Fc1cnc(N2CCc3c(cccc3-c3ccc(C(F)(F)F)cc3C3=CCNCC3)C2)s1. The van der Waals surface area contributed by atoms with Crippen molar-refractivity contribution in [2.75, 3.05) is 24.5 Å². The topological polar surface area (TPSA) is 28.2 Å². The summed E-state index contributed by atoms with van der Waals surface area (Å²) < 4.78 is 53.9. The van der Waals surface area contributed by atoms with Crippen molar-refractivity contribution in [1.29, 1.82) is 0 Å². The highest BCUT2D eigenvalue weighted by Gasteiger charge is 2.32. The Bertz CT molecular complexity index is 1180. The Hall–Kier alpha value is -2.71. The number of rotatable bonds is 3. The molecule has 166 valence electrons. The van der Waals surface area contributed by atoms with Crippen LogP contribution < -0.4 is 10.2 Å². The van der Waals surface area contributed by atoms with Crippen molar-refractivity contribution in [2.24, 2.45) is 0 Å². The highest BCUT2D eigenvalue weighted by molar-refractivity contribution is 7.14. The second kappa shape index (κ2) is 8.33. The molecule has 32 heavy (non-hydrogen) atoms. The molecule has 0 spiro atoms. The normalized spacial score (nSPS) is 16.6. The molecule has 2 aliphatic rings. The molecule has 1 N–H and O–H groups in total. The maximum Gasteiger partial charge on any atom is 0.416 e. The minimum Gasteiger partial charge on any atom is -0.343 e. The van der Waals surface area contributed by atoms with Crippen molar-refractivity contribution in [3.63, 3.8) is 0 Å². The molecule has 5 rings (SSSR count). The molecule has 3 heterocycles. The maximum atomic E-state index is 13.5. The van der Waals surface area contributed by atoms with Crippen LogP contribution in [0.25, 0.3) is 16.7 Å². The van der Waals surface area contributed by atoms with Gasteiger partial charge in [-0.1, -0.05) is 41.7 Å². The molecule has 0 atom stereocenters. The van der Waals surface area contributed by atoms with Crippen LogP contribution in [0.5, 0.6) is 0 Å². The largest absolute Gasteiger partial charge is 0.416 e. The predicted octanol–water partition coefficient (Wildman–Crippen LogP) is 5.91. The van der Waals surface area contributed by atoms with Crippen LogP contribution in [-0.4, -0.2) is 24.6 Å². The summed E-state index contributed by atoms with van der Waals surface area (Å²) in [5.41, 5.74) is 4.99. The van der Waals surface area contributed by atoms with Gasteiger partial charge in [0.25, 0.3) is 0 Å². The fourth-order valence-electron chi connectivity index (χ4n) is 4.51. The van der Waals surface area contributed by atoms with E-state index < -0.39 is 11.7 Å². The summed E-state index contributed by atoms with van der Waals surface area (Å²) >= 11 is 1.02. The van der Waals surface area contributed by atoms with Gasteiger partial charge in [0.05, 0.1) is 11.8 Å². The molecule has 0 aliphatic carbocycles. The van der Waals surface area contributed by atoms with Crippen LogP contribution in [0.1, 0.15) is 28.7 Å². The minimum absolute atomic E-state index is 0.316. The Labute approximate surface area is 187 Å². The average molecular weight is 460 g/mol.